The molecule has 0 aliphatic heterocycles. The van der Waals surface area contributed by atoms with Gasteiger partial charge in [-0.3, -0.25) is 19.9 Å². The number of anilines is 1. The number of non-ortho nitro benzene ring substituents is 1. The predicted molar refractivity (Wildman–Crippen MR) is 116 cm³/mol. The van der Waals surface area contributed by atoms with Crippen LogP contribution in [-0.2, 0) is 17.6 Å². The Morgan fingerprint density at radius 3 is 2.87 bits per heavy atom. The zero-order valence-electron chi connectivity index (χ0n) is 16.4. The Labute approximate surface area is 180 Å². The monoisotopic (exact) mass is 432 g/mol. The van der Waals surface area contributed by atoms with Crippen molar-refractivity contribution in [1.29, 1.82) is 0 Å². The molecule has 3 heterocycles. The number of carbonyl (C=O) groups excluding carboxylic acids is 1. The summed E-state index contributed by atoms with van der Waals surface area (Å²) in [5.41, 5.74) is 4.99. The number of amides is 1. The first kappa shape index (κ1) is 19.1. The maximum absolute atomic E-state index is 11.5. The Bertz CT molecular complexity index is 1330. The van der Waals surface area contributed by atoms with E-state index in [0.29, 0.717) is 23.7 Å². The zero-order valence-corrected chi connectivity index (χ0v) is 17.2. The van der Waals surface area contributed by atoms with Crippen LogP contribution in [0.5, 0.6) is 0 Å². The number of aryl methyl sites for hydroxylation is 1. The average molecular weight is 432 g/mol. The summed E-state index contributed by atoms with van der Waals surface area (Å²) >= 11 is 1.38. The van der Waals surface area contributed by atoms with Crippen molar-refractivity contribution >= 4 is 28.1 Å². The van der Waals surface area contributed by atoms with Crippen molar-refractivity contribution in [3.05, 3.63) is 70.2 Å². The van der Waals surface area contributed by atoms with Gasteiger partial charge in [0, 0.05) is 42.6 Å². The fourth-order valence-corrected chi connectivity index (χ4v) is 4.85. The number of aromatic nitrogens is 4. The largest absolute Gasteiger partial charge is 0.302 e. The number of carbonyl (C=O) groups is 1. The van der Waals surface area contributed by atoms with E-state index < -0.39 is 4.92 Å². The summed E-state index contributed by atoms with van der Waals surface area (Å²) in [4.78, 5) is 32.1. The van der Waals surface area contributed by atoms with Gasteiger partial charge in [-0.1, -0.05) is 17.4 Å². The fraction of sp³-hybridized carbons (Fsp3) is 0.143. The van der Waals surface area contributed by atoms with Gasteiger partial charge in [-0.25, -0.2) is 9.67 Å². The quantitative estimate of drug-likeness (QED) is 0.385. The Morgan fingerprint density at radius 2 is 2.13 bits per heavy atom. The van der Waals surface area contributed by atoms with Crippen LogP contribution in [0.3, 0.4) is 0 Å². The summed E-state index contributed by atoms with van der Waals surface area (Å²) in [6.07, 6.45) is 4.89. The molecule has 0 saturated heterocycles. The second kappa shape index (κ2) is 7.40. The van der Waals surface area contributed by atoms with E-state index >= 15 is 0 Å². The Balaban J connectivity index is 1.75. The summed E-state index contributed by atoms with van der Waals surface area (Å²) in [5.74, 6) is -0.186. The highest BCUT2D eigenvalue weighted by molar-refractivity contribution is 7.19. The second-order valence-electron chi connectivity index (χ2n) is 7.08. The zero-order chi connectivity index (χ0) is 21.5. The number of benzene rings is 1. The second-order valence-corrected chi connectivity index (χ2v) is 8.08. The number of nitrogens with zero attached hydrogens (tertiary/aromatic N) is 5. The van der Waals surface area contributed by atoms with E-state index in [-0.39, 0.29) is 11.6 Å². The molecular weight excluding hydrogens is 416 g/mol. The van der Waals surface area contributed by atoms with Gasteiger partial charge in [0.05, 0.1) is 32.6 Å². The molecule has 10 heteroatoms. The van der Waals surface area contributed by atoms with Crippen LogP contribution in [0.4, 0.5) is 10.8 Å². The number of hydrogen-bond acceptors (Lipinski definition) is 7. The van der Waals surface area contributed by atoms with Gasteiger partial charge in [-0.2, -0.15) is 5.10 Å². The molecule has 0 saturated carbocycles. The molecule has 4 aromatic rings. The highest BCUT2D eigenvalue weighted by atomic mass is 32.1. The summed E-state index contributed by atoms with van der Waals surface area (Å²) in [6, 6.07) is 10.2. The highest BCUT2D eigenvalue weighted by Gasteiger charge is 2.30. The number of nitro benzene ring substituents is 1. The van der Waals surface area contributed by atoms with Crippen LogP contribution < -0.4 is 5.32 Å². The van der Waals surface area contributed by atoms with Gasteiger partial charge in [0.1, 0.15) is 0 Å². The maximum atomic E-state index is 11.5. The van der Waals surface area contributed by atoms with Gasteiger partial charge >= 0.3 is 0 Å². The Hall–Kier alpha value is -3.92. The van der Waals surface area contributed by atoms with Gasteiger partial charge in [-0.05, 0) is 31.0 Å². The van der Waals surface area contributed by atoms with E-state index in [1.807, 2.05) is 12.1 Å². The Morgan fingerprint density at radius 1 is 1.26 bits per heavy atom. The number of nitrogens with one attached hydrogen (secondary N) is 1. The molecule has 1 aliphatic carbocycles. The molecule has 1 aliphatic rings. The molecule has 0 unspecified atom stereocenters. The third-order valence-electron chi connectivity index (χ3n) is 5.01. The van der Waals surface area contributed by atoms with E-state index in [2.05, 4.69) is 15.3 Å². The number of hydrogen-bond donors (Lipinski definition) is 1. The number of rotatable bonds is 4. The van der Waals surface area contributed by atoms with Crippen molar-refractivity contribution < 1.29 is 9.72 Å². The first-order valence-electron chi connectivity index (χ1n) is 9.56. The molecule has 9 nitrogen and oxygen atoms in total. The molecular formula is C21H16N6O3S. The minimum Gasteiger partial charge on any atom is -0.302 e. The highest BCUT2D eigenvalue weighted by Crippen LogP contribution is 2.44. The summed E-state index contributed by atoms with van der Waals surface area (Å²) in [7, 11) is 0. The van der Waals surface area contributed by atoms with Gasteiger partial charge < -0.3 is 5.32 Å². The lowest BCUT2D eigenvalue weighted by Gasteiger charge is -2.14. The van der Waals surface area contributed by atoms with Crippen LogP contribution in [0, 0.1) is 10.1 Å². The summed E-state index contributed by atoms with van der Waals surface area (Å²) < 4.78 is 1.73. The van der Waals surface area contributed by atoms with Crippen LogP contribution in [0.1, 0.15) is 18.2 Å². The summed E-state index contributed by atoms with van der Waals surface area (Å²) in [5, 5.41) is 19.5. The van der Waals surface area contributed by atoms with Crippen molar-refractivity contribution in [3.8, 4) is 27.5 Å². The van der Waals surface area contributed by atoms with Crippen LogP contribution >= 0.6 is 11.3 Å². The van der Waals surface area contributed by atoms with Gasteiger partial charge in [0.25, 0.3) is 5.69 Å². The Kier molecular flexibility index (Phi) is 4.55. The molecule has 0 spiro atoms. The molecule has 1 aromatic carbocycles. The third-order valence-corrected chi connectivity index (χ3v) is 6.03. The molecule has 0 atom stereocenters. The van der Waals surface area contributed by atoms with Crippen LogP contribution in [0.2, 0.25) is 0 Å². The smallest absolute Gasteiger partial charge is 0.271 e. The van der Waals surface area contributed by atoms with Crippen molar-refractivity contribution in [3.63, 3.8) is 0 Å². The fourth-order valence-electron chi connectivity index (χ4n) is 3.73. The van der Waals surface area contributed by atoms with E-state index in [1.165, 1.54) is 30.4 Å². The molecule has 31 heavy (non-hydrogen) atoms. The third kappa shape index (κ3) is 3.36. The van der Waals surface area contributed by atoms with Crippen molar-refractivity contribution in [2.24, 2.45) is 0 Å². The normalized spacial score (nSPS) is 12.2. The lowest BCUT2D eigenvalue weighted by atomic mass is 9.95. The van der Waals surface area contributed by atoms with E-state index in [0.717, 1.165) is 33.1 Å². The van der Waals surface area contributed by atoms with Crippen molar-refractivity contribution in [2.45, 2.75) is 19.8 Å². The minimum absolute atomic E-state index is 0.0102. The molecule has 1 N–H and O–H groups in total. The average Bonchev–Trinajstić information content (AvgIpc) is 3.34. The first-order valence-corrected chi connectivity index (χ1v) is 10.4. The number of fused-ring (bicyclic) bond motifs is 3. The van der Waals surface area contributed by atoms with E-state index in [1.54, 1.807) is 29.2 Å². The maximum Gasteiger partial charge on any atom is 0.271 e. The van der Waals surface area contributed by atoms with Crippen LogP contribution in [0.25, 0.3) is 27.5 Å². The SMILES string of the molecule is CC(=O)Nc1nc2c(s1)-c1c(c(-c3cccnc3)nn1-c1cccc([N+](=O)[O-])c1)CC2. The van der Waals surface area contributed by atoms with Gasteiger partial charge in [-0.15, -0.1) is 0 Å². The van der Waals surface area contributed by atoms with Crippen molar-refractivity contribution in [2.75, 3.05) is 5.32 Å². The minimum atomic E-state index is -0.422. The van der Waals surface area contributed by atoms with Gasteiger partial charge in [0.2, 0.25) is 5.91 Å². The van der Waals surface area contributed by atoms with Gasteiger partial charge in [0.15, 0.2) is 5.13 Å². The molecule has 154 valence electrons. The number of pyridine rings is 1. The topological polar surface area (TPSA) is 116 Å². The standard InChI is InChI=1S/C21H16N6O3S/c1-12(28)23-21-24-17-8-7-16-18(13-4-3-9-22-11-13)25-26(19(16)20(17)31-21)14-5-2-6-15(10-14)27(29)30/h2-6,9-11H,7-8H2,1H3,(H,23,24,28). The molecule has 3 aromatic heterocycles. The van der Waals surface area contributed by atoms with E-state index in [4.69, 9.17) is 5.10 Å². The van der Waals surface area contributed by atoms with Crippen LogP contribution in [-0.4, -0.2) is 30.6 Å². The molecule has 0 fully saturated rings. The molecule has 0 radical (unpaired) electrons. The van der Waals surface area contributed by atoms with Crippen LogP contribution in [0.15, 0.2) is 48.8 Å². The van der Waals surface area contributed by atoms with E-state index in [9.17, 15) is 14.9 Å². The lowest BCUT2D eigenvalue weighted by molar-refractivity contribution is -0.384. The summed E-state index contributed by atoms with van der Waals surface area (Å²) in [6.45, 7) is 1.44. The molecule has 0 bridgehead atoms. The lowest BCUT2D eigenvalue weighted by Crippen LogP contribution is -2.07. The molecule has 5 rings (SSSR count). The van der Waals surface area contributed by atoms with Crippen molar-refractivity contribution in [1.82, 2.24) is 19.7 Å². The molecule has 1 amide bonds. The first-order chi connectivity index (χ1) is 15.0. The number of thiazole rings is 1. The number of nitro groups is 1. The predicted octanol–water partition coefficient (Wildman–Crippen LogP) is 4.02.